The van der Waals surface area contributed by atoms with Gasteiger partial charge in [0.1, 0.15) is 0 Å². The summed E-state index contributed by atoms with van der Waals surface area (Å²) in [6, 6.07) is 17.7. The maximum absolute atomic E-state index is 12.3. The van der Waals surface area contributed by atoms with Crippen LogP contribution in [-0.2, 0) is 0 Å². The molecule has 0 N–H and O–H groups in total. The van der Waals surface area contributed by atoms with Gasteiger partial charge in [-0.15, -0.1) is 0 Å². The van der Waals surface area contributed by atoms with E-state index in [-0.39, 0.29) is 5.43 Å². The minimum atomic E-state index is -1.28. The second-order valence-electron chi connectivity index (χ2n) is 4.16. The van der Waals surface area contributed by atoms with Crippen molar-refractivity contribution in [3.8, 4) is 0 Å². The third-order valence-corrected chi connectivity index (χ3v) is 7.20. The summed E-state index contributed by atoms with van der Waals surface area (Å²) in [5, 5.41) is 0.707. The molecule has 2 aromatic carbocycles. The summed E-state index contributed by atoms with van der Waals surface area (Å²) in [6.07, 6.45) is 0. The van der Waals surface area contributed by atoms with Crippen LogP contribution in [0.15, 0.2) is 63.8 Å². The van der Waals surface area contributed by atoms with Crippen molar-refractivity contribution in [2.75, 3.05) is 0 Å². The molecule has 0 fully saturated rings. The summed E-state index contributed by atoms with van der Waals surface area (Å²) in [4.78, 5) is 12.3. The Balaban J connectivity index is 1.95. The molecule has 4 rings (SSSR count). The van der Waals surface area contributed by atoms with Crippen molar-refractivity contribution in [3.05, 3.63) is 64.8 Å². The summed E-state index contributed by atoms with van der Waals surface area (Å²) < 4.78 is 9.00. The first-order valence-corrected chi connectivity index (χ1v) is 8.28. The Morgan fingerprint density at radius 3 is 2.44 bits per heavy atom. The Morgan fingerprint density at radius 1 is 0.889 bits per heavy atom. The van der Waals surface area contributed by atoms with E-state index in [1.54, 1.807) is 0 Å². The molecule has 3 heteroatoms. The van der Waals surface area contributed by atoms with Gasteiger partial charge in [0, 0.05) is 0 Å². The average Bonchev–Trinajstić information content (AvgIpc) is 3.14. The first-order chi connectivity index (χ1) is 8.86. The van der Waals surface area contributed by atoms with Gasteiger partial charge in [0.2, 0.25) is 0 Å². The van der Waals surface area contributed by atoms with E-state index in [4.69, 9.17) is 4.42 Å². The average molecular weight is 300 g/mol. The van der Waals surface area contributed by atoms with Crippen molar-refractivity contribution in [1.82, 2.24) is 0 Å². The minimum absolute atomic E-state index is 0.167. The molecule has 1 radical (unpaired) electrons. The Bertz CT molecular complexity index is 806. The number of fused-ring (bicyclic) bond motifs is 2. The molecule has 0 unspecified atom stereocenters. The first kappa shape index (κ1) is 10.1. The SMILES string of the molecule is O=c1c2c(oc3ccccc13)[Se]2c1ccccc1. The molecule has 1 aromatic heterocycles. The van der Waals surface area contributed by atoms with Gasteiger partial charge in [0.25, 0.3) is 0 Å². The Morgan fingerprint density at radius 2 is 1.61 bits per heavy atom. The van der Waals surface area contributed by atoms with Crippen LogP contribution in [0, 0.1) is 0 Å². The van der Waals surface area contributed by atoms with Crippen molar-refractivity contribution >= 4 is 38.5 Å². The van der Waals surface area contributed by atoms with E-state index in [1.165, 1.54) is 4.46 Å². The van der Waals surface area contributed by atoms with Crippen LogP contribution in [0.5, 0.6) is 0 Å². The normalized spacial score (nSPS) is 13.6. The molecule has 0 saturated heterocycles. The van der Waals surface area contributed by atoms with Gasteiger partial charge >= 0.3 is 108 Å². The van der Waals surface area contributed by atoms with Crippen molar-refractivity contribution in [2.45, 2.75) is 0 Å². The van der Waals surface area contributed by atoms with Crippen molar-refractivity contribution in [1.29, 1.82) is 0 Å². The van der Waals surface area contributed by atoms with Crippen LogP contribution in [0.3, 0.4) is 0 Å². The zero-order chi connectivity index (χ0) is 12.1. The standard InChI is InChI=1S/C15H9O2Se/c16-13-11-8-4-5-9-12(11)17-15-14(13)18(15)10-6-2-1-3-7-10/h1-9H. The quantitative estimate of drug-likeness (QED) is 0.483. The van der Waals surface area contributed by atoms with E-state index in [2.05, 4.69) is 12.1 Å². The second-order valence-corrected chi connectivity index (χ2v) is 8.07. The van der Waals surface area contributed by atoms with Gasteiger partial charge in [0.05, 0.1) is 0 Å². The molecule has 87 valence electrons. The molecular weight excluding hydrogens is 291 g/mol. The molecular formula is C15H9O2Se. The molecule has 3 aromatic rings. The number of hydrogen-bond acceptors (Lipinski definition) is 2. The summed E-state index contributed by atoms with van der Waals surface area (Å²) in [6.45, 7) is 0. The summed E-state index contributed by atoms with van der Waals surface area (Å²) in [7, 11) is 0. The van der Waals surface area contributed by atoms with E-state index >= 15 is 0 Å². The maximum atomic E-state index is 12.3. The summed E-state index contributed by atoms with van der Waals surface area (Å²) in [5.74, 6) is 0. The molecule has 2 heterocycles. The van der Waals surface area contributed by atoms with Crippen LogP contribution >= 0.6 is 0 Å². The van der Waals surface area contributed by atoms with Gasteiger partial charge in [0.15, 0.2) is 0 Å². The Kier molecular flexibility index (Phi) is 2.01. The molecule has 1 aliphatic rings. The molecule has 0 amide bonds. The van der Waals surface area contributed by atoms with E-state index in [0.29, 0.717) is 11.0 Å². The monoisotopic (exact) mass is 301 g/mol. The molecule has 0 saturated carbocycles. The predicted molar refractivity (Wildman–Crippen MR) is 73.6 cm³/mol. The van der Waals surface area contributed by atoms with Crippen molar-refractivity contribution in [2.24, 2.45) is 0 Å². The Hall–Kier alpha value is -1.83. The number of hydrogen-bond donors (Lipinski definition) is 0. The molecule has 0 atom stereocenters. The zero-order valence-electron chi connectivity index (χ0n) is 9.42. The van der Waals surface area contributed by atoms with Crippen molar-refractivity contribution in [3.63, 3.8) is 0 Å². The van der Waals surface area contributed by atoms with Crippen molar-refractivity contribution < 1.29 is 4.42 Å². The Labute approximate surface area is 108 Å². The summed E-state index contributed by atoms with van der Waals surface area (Å²) >= 11 is -1.28. The van der Waals surface area contributed by atoms with Crippen LogP contribution < -0.4 is 19.0 Å². The molecule has 1 aliphatic heterocycles. The summed E-state index contributed by atoms with van der Waals surface area (Å²) in [5.41, 5.74) is 0.879. The van der Waals surface area contributed by atoms with Gasteiger partial charge in [-0.3, -0.25) is 0 Å². The van der Waals surface area contributed by atoms with Gasteiger partial charge < -0.3 is 0 Å². The van der Waals surface area contributed by atoms with Gasteiger partial charge in [-0.1, -0.05) is 0 Å². The first-order valence-electron chi connectivity index (χ1n) is 5.71. The van der Waals surface area contributed by atoms with Gasteiger partial charge in [-0.05, 0) is 0 Å². The van der Waals surface area contributed by atoms with E-state index in [0.717, 1.165) is 9.12 Å². The molecule has 0 spiro atoms. The van der Waals surface area contributed by atoms with Crippen LogP contribution in [0.4, 0.5) is 0 Å². The second kappa shape index (κ2) is 3.58. The molecule has 0 aliphatic carbocycles. The third kappa shape index (κ3) is 1.32. The fourth-order valence-electron chi connectivity index (χ4n) is 2.15. The van der Waals surface area contributed by atoms with Crippen LogP contribution in [-0.4, -0.2) is 13.9 Å². The molecule has 0 bridgehead atoms. The fraction of sp³-hybridized carbons (Fsp3) is 0. The number of rotatable bonds is 1. The van der Waals surface area contributed by atoms with Crippen LogP contribution in [0.1, 0.15) is 0 Å². The predicted octanol–water partition coefficient (Wildman–Crippen LogP) is 0.623. The van der Waals surface area contributed by atoms with E-state index < -0.39 is 13.9 Å². The van der Waals surface area contributed by atoms with Crippen LogP contribution in [0.2, 0.25) is 0 Å². The van der Waals surface area contributed by atoms with E-state index in [9.17, 15) is 4.79 Å². The topological polar surface area (TPSA) is 30.2 Å². The van der Waals surface area contributed by atoms with Gasteiger partial charge in [-0.25, -0.2) is 0 Å². The molecule has 2 nitrogen and oxygen atoms in total. The number of benzene rings is 2. The van der Waals surface area contributed by atoms with Crippen LogP contribution in [0.25, 0.3) is 11.0 Å². The van der Waals surface area contributed by atoms with E-state index in [1.807, 2.05) is 42.5 Å². The molecule has 18 heavy (non-hydrogen) atoms. The number of para-hydroxylation sites is 1. The van der Waals surface area contributed by atoms with Gasteiger partial charge in [-0.2, -0.15) is 0 Å². The third-order valence-electron chi connectivity index (χ3n) is 3.05. The fourth-order valence-corrected chi connectivity index (χ4v) is 6.28. The zero-order valence-corrected chi connectivity index (χ0v) is 11.1.